The Labute approximate surface area is 643 Å². The number of methoxy groups -OCH3 is 6. The molecule has 0 atom stereocenters. The number of thiazole rings is 3. The molecular formula is C73H65Cl3N12O11S6. The van der Waals surface area contributed by atoms with Gasteiger partial charge in [0, 0.05) is 38.7 Å². The molecule has 6 aromatic carbocycles. The first-order valence-electron chi connectivity index (χ1n) is 31.0. The number of carbonyl (C=O) groups excluding carboxylic acids is 4. The molecule has 23 nitrogen and oxygen atoms in total. The molecule has 12 aromatic rings. The van der Waals surface area contributed by atoms with Gasteiger partial charge in [-0.2, -0.15) is 15.3 Å². The van der Waals surface area contributed by atoms with Crippen LogP contribution in [-0.4, -0.2) is 107 Å². The second-order valence-corrected chi connectivity index (χ2v) is 27.9. The smallest absolute Gasteiger partial charge is 0.302 e. The number of nitrogens with one attached hydrogen (secondary N) is 6. The van der Waals surface area contributed by atoms with Gasteiger partial charge in [-0.15, -0.1) is 34.0 Å². The first kappa shape index (κ1) is 78.4. The van der Waals surface area contributed by atoms with Crippen LogP contribution in [-0.2, 0) is 9.53 Å². The predicted molar refractivity (Wildman–Crippen MR) is 429 cm³/mol. The van der Waals surface area contributed by atoms with Gasteiger partial charge in [0.2, 0.25) is 15.4 Å². The molecule has 0 unspecified atom stereocenters. The maximum Gasteiger partial charge on any atom is 0.302 e. The van der Waals surface area contributed by atoms with Crippen molar-refractivity contribution in [1.82, 2.24) is 15.0 Å². The standard InChI is InChI=1S/3C23H19ClN4O3S2.C4H8O2/c3*1-30-17-10-5-14(12-18(17)31-2)13-25-28-23-26-20(15-6-8-16(24)9-7-15)22(33-23)27-21(29)19-4-3-11-32-19;1-3-6-4(2)5/h3*3-13H,1-2H3,(H,26,28)(H,27,29);3H2,1-2H3/b3*25-13+;. The van der Waals surface area contributed by atoms with Gasteiger partial charge in [0.1, 0.15) is 32.1 Å². The maximum atomic E-state index is 12.6. The van der Waals surface area contributed by atoms with E-state index < -0.39 is 0 Å². The number of nitrogens with zero attached hydrogens (tertiary/aromatic N) is 6. The minimum Gasteiger partial charge on any atom is -0.493 e. The van der Waals surface area contributed by atoms with Crippen molar-refractivity contribution in [3.8, 4) is 68.3 Å². The summed E-state index contributed by atoms with van der Waals surface area (Å²) in [6, 6.07) is 49.1. The van der Waals surface area contributed by atoms with Crippen LogP contribution in [0.4, 0.5) is 30.4 Å². The lowest BCUT2D eigenvalue weighted by molar-refractivity contribution is -0.140. The van der Waals surface area contributed by atoms with Gasteiger partial charge < -0.3 is 49.1 Å². The number of benzene rings is 6. The maximum absolute atomic E-state index is 12.6. The quantitative estimate of drug-likeness (QED) is 0.0176. The monoisotopic (exact) mass is 1580 g/mol. The average Bonchev–Trinajstić information content (AvgIpc) is 1.67. The molecule has 0 spiro atoms. The second-order valence-electron chi connectivity index (χ2n) is 20.8. The topological polar surface area (TPSA) is 281 Å². The van der Waals surface area contributed by atoms with Crippen molar-refractivity contribution in [1.29, 1.82) is 0 Å². The number of anilines is 6. The Bertz CT molecular complexity index is 4450. The van der Waals surface area contributed by atoms with Gasteiger partial charge in [-0.3, -0.25) is 35.5 Å². The molecule has 3 amide bonds. The Hall–Kier alpha value is -10.7. The summed E-state index contributed by atoms with van der Waals surface area (Å²) in [4.78, 5) is 63.4. The number of aromatic nitrogens is 3. The summed E-state index contributed by atoms with van der Waals surface area (Å²) >= 11 is 26.1. The fourth-order valence-corrected chi connectivity index (χ4v) is 13.7. The predicted octanol–water partition coefficient (Wildman–Crippen LogP) is 19.3. The Morgan fingerprint density at radius 2 is 0.676 bits per heavy atom. The zero-order valence-corrected chi connectivity index (χ0v) is 64.2. The lowest BCUT2D eigenvalue weighted by Crippen LogP contribution is -2.09. The molecule has 105 heavy (non-hydrogen) atoms. The summed E-state index contributed by atoms with van der Waals surface area (Å²) in [5.74, 6) is 2.97. The fourth-order valence-electron chi connectivity index (χ4n) is 8.97. The molecule has 6 N–H and O–H groups in total. The third kappa shape index (κ3) is 22.9. The molecule has 0 aliphatic rings. The van der Waals surface area contributed by atoms with Crippen molar-refractivity contribution in [3.05, 3.63) is 226 Å². The molecular weight excluding hydrogens is 1520 g/mol. The van der Waals surface area contributed by atoms with Crippen LogP contribution in [0.2, 0.25) is 15.1 Å². The highest BCUT2D eigenvalue weighted by Gasteiger charge is 2.21. The van der Waals surface area contributed by atoms with E-state index in [4.69, 9.17) is 63.2 Å². The number of carbonyl (C=O) groups is 4. The van der Waals surface area contributed by atoms with Crippen molar-refractivity contribution in [2.75, 3.05) is 81.5 Å². The van der Waals surface area contributed by atoms with Crippen molar-refractivity contribution in [2.24, 2.45) is 15.3 Å². The molecule has 540 valence electrons. The van der Waals surface area contributed by atoms with Gasteiger partial charge in [0.15, 0.2) is 34.5 Å². The van der Waals surface area contributed by atoms with Crippen molar-refractivity contribution < 1.29 is 52.3 Å². The normalized spacial score (nSPS) is 10.7. The summed E-state index contributed by atoms with van der Waals surface area (Å²) < 4.78 is 36.1. The molecule has 32 heteroatoms. The van der Waals surface area contributed by atoms with Crippen LogP contribution >= 0.6 is 103 Å². The lowest BCUT2D eigenvalue weighted by atomic mass is 10.1. The lowest BCUT2D eigenvalue weighted by Gasteiger charge is -2.07. The van der Waals surface area contributed by atoms with Gasteiger partial charge >= 0.3 is 5.97 Å². The molecule has 6 heterocycles. The number of ether oxygens (including phenoxy) is 7. The Balaban J connectivity index is 0.000000175. The van der Waals surface area contributed by atoms with Gasteiger partial charge in [-0.25, -0.2) is 15.0 Å². The van der Waals surface area contributed by atoms with Crippen molar-refractivity contribution in [2.45, 2.75) is 13.8 Å². The van der Waals surface area contributed by atoms with E-state index in [9.17, 15) is 19.2 Å². The van der Waals surface area contributed by atoms with E-state index in [1.165, 1.54) is 74.9 Å². The first-order valence-corrected chi connectivity index (χ1v) is 37.2. The molecule has 0 bridgehead atoms. The van der Waals surface area contributed by atoms with Crippen LogP contribution in [0.25, 0.3) is 33.8 Å². The van der Waals surface area contributed by atoms with Gasteiger partial charge in [-0.05, 0) is 149 Å². The van der Waals surface area contributed by atoms with E-state index in [1.807, 2.05) is 107 Å². The van der Waals surface area contributed by atoms with E-state index in [0.29, 0.717) is 118 Å². The van der Waals surface area contributed by atoms with Gasteiger partial charge in [0.05, 0.1) is 82.5 Å². The van der Waals surface area contributed by atoms with Crippen LogP contribution < -0.4 is 60.6 Å². The number of halogens is 3. The minimum absolute atomic E-state index is 0.191. The van der Waals surface area contributed by atoms with E-state index >= 15 is 0 Å². The molecule has 0 aliphatic heterocycles. The Morgan fingerprint density at radius 1 is 0.400 bits per heavy atom. The van der Waals surface area contributed by atoms with Crippen LogP contribution in [0.15, 0.2) is 195 Å². The number of hydrogen-bond acceptors (Lipinski definition) is 26. The highest BCUT2D eigenvalue weighted by molar-refractivity contribution is 7.21. The Morgan fingerprint density at radius 3 is 0.895 bits per heavy atom. The van der Waals surface area contributed by atoms with Crippen LogP contribution in [0.1, 0.15) is 59.6 Å². The highest BCUT2D eigenvalue weighted by Crippen LogP contribution is 2.41. The van der Waals surface area contributed by atoms with E-state index in [2.05, 4.69) is 67.2 Å². The van der Waals surface area contributed by atoms with Crippen LogP contribution in [0, 0.1) is 0 Å². The molecule has 12 rings (SSSR count). The number of hydrogen-bond donors (Lipinski definition) is 6. The summed E-state index contributed by atoms with van der Waals surface area (Å²) in [7, 11) is 9.50. The third-order valence-corrected chi connectivity index (χ3v) is 19.8. The van der Waals surface area contributed by atoms with Gasteiger partial charge in [-0.1, -0.05) is 123 Å². The number of rotatable bonds is 25. The SMILES string of the molecule is CCOC(C)=O.COc1ccc(/C=N/Nc2nc(-c3ccc(Cl)cc3)c(NC(=O)c3cccs3)s2)cc1OC.COc1ccc(/C=N/Nc2nc(-c3ccc(Cl)cc3)c(NC(=O)c3cccs3)s2)cc1OC.COc1ccc(/C=N/Nc2nc(-c3ccc(Cl)cc3)c(NC(=O)c3cccs3)s2)cc1OC. The molecule has 0 saturated carbocycles. The minimum atomic E-state index is -0.211. The zero-order valence-electron chi connectivity index (χ0n) is 57.0. The zero-order chi connectivity index (χ0) is 74.6. The molecule has 0 saturated heterocycles. The van der Waals surface area contributed by atoms with Crippen LogP contribution in [0.5, 0.6) is 34.5 Å². The van der Waals surface area contributed by atoms with E-state index in [1.54, 1.807) is 141 Å². The highest BCUT2D eigenvalue weighted by atomic mass is 35.5. The third-order valence-electron chi connectivity index (χ3n) is 13.8. The van der Waals surface area contributed by atoms with Crippen molar-refractivity contribution in [3.63, 3.8) is 0 Å². The summed E-state index contributed by atoms with van der Waals surface area (Å²) in [5.41, 5.74) is 15.7. The molecule has 0 aliphatic carbocycles. The first-order chi connectivity index (χ1) is 51.0. The van der Waals surface area contributed by atoms with Crippen LogP contribution in [0.3, 0.4) is 0 Å². The van der Waals surface area contributed by atoms with Gasteiger partial charge in [0.25, 0.3) is 17.7 Å². The Kier molecular flexibility index (Phi) is 29.7. The number of esters is 1. The molecule has 0 fully saturated rings. The number of hydrazone groups is 3. The fraction of sp³-hybridized carbons (Fsp3) is 0.123. The number of amides is 3. The number of thiophene rings is 3. The summed E-state index contributed by atoms with van der Waals surface area (Å²) in [5, 5.41) is 32.6. The van der Waals surface area contributed by atoms with Crippen molar-refractivity contribution >= 4 is 176 Å². The molecule has 0 radical (unpaired) electrons. The second kappa shape index (κ2) is 39.8. The molecule has 6 aromatic heterocycles. The summed E-state index contributed by atoms with van der Waals surface area (Å²) in [6.45, 7) is 3.65. The van der Waals surface area contributed by atoms with E-state index in [0.717, 1.165) is 33.4 Å². The van der Waals surface area contributed by atoms with E-state index in [-0.39, 0.29) is 23.7 Å². The average molecular weight is 1590 g/mol. The summed E-state index contributed by atoms with van der Waals surface area (Å²) in [6.07, 6.45) is 4.94. The largest absolute Gasteiger partial charge is 0.493 e.